The third-order valence-corrected chi connectivity index (χ3v) is 4.80. The number of Topliss-reactive ketones (excluding diaryl/α,β-unsaturated/α-hetero) is 1. The van der Waals surface area contributed by atoms with E-state index < -0.39 is 0 Å². The normalized spacial score (nSPS) is 16.5. The predicted molar refractivity (Wildman–Crippen MR) is 84.7 cm³/mol. The van der Waals surface area contributed by atoms with Crippen molar-refractivity contribution in [2.75, 3.05) is 5.32 Å². The molecule has 0 aromatic carbocycles. The van der Waals surface area contributed by atoms with Crippen molar-refractivity contribution >= 4 is 28.2 Å². The number of thiazole rings is 1. The van der Waals surface area contributed by atoms with Gasteiger partial charge in [-0.1, -0.05) is 25.2 Å². The number of nitrogens with one attached hydrogen (secondary N) is 1. The lowest BCUT2D eigenvalue weighted by atomic mass is 9.78. The minimum absolute atomic E-state index is 0.0717. The minimum Gasteiger partial charge on any atom is -0.466 e. The van der Waals surface area contributed by atoms with E-state index in [9.17, 15) is 9.59 Å². The van der Waals surface area contributed by atoms with Crippen molar-refractivity contribution in [3.8, 4) is 0 Å². The fourth-order valence-corrected chi connectivity index (χ4v) is 3.71. The van der Waals surface area contributed by atoms with Crippen LogP contribution < -0.4 is 5.32 Å². The van der Waals surface area contributed by atoms with E-state index in [2.05, 4.69) is 24.1 Å². The Kier molecular flexibility index (Phi) is 3.44. The van der Waals surface area contributed by atoms with Crippen molar-refractivity contribution in [2.45, 2.75) is 40.5 Å². The second kappa shape index (κ2) is 5.05. The summed E-state index contributed by atoms with van der Waals surface area (Å²) in [5.74, 6) is 1.12. The Labute approximate surface area is 132 Å². The molecule has 6 heteroatoms. The molecule has 3 rings (SSSR count). The highest BCUT2D eigenvalue weighted by Gasteiger charge is 2.34. The smallest absolute Gasteiger partial charge is 0.260 e. The van der Waals surface area contributed by atoms with Crippen LogP contribution in [0.15, 0.2) is 10.5 Å². The van der Waals surface area contributed by atoms with Crippen LogP contribution in [0, 0.1) is 19.3 Å². The van der Waals surface area contributed by atoms with Crippen LogP contribution in [-0.4, -0.2) is 16.7 Å². The van der Waals surface area contributed by atoms with Crippen LogP contribution in [0.2, 0.25) is 0 Å². The Morgan fingerprint density at radius 3 is 2.73 bits per heavy atom. The van der Waals surface area contributed by atoms with Crippen molar-refractivity contribution in [1.29, 1.82) is 0 Å². The number of hydrogen-bond acceptors (Lipinski definition) is 5. The monoisotopic (exact) mass is 318 g/mol. The molecule has 0 bridgehead atoms. The van der Waals surface area contributed by atoms with Gasteiger partial charge in [0.15, 0.2) is 10.9 Å². The summed E-state index contributed by atoms with van der Waals surface area (Å²) >= 11 is 1.26. The lowest BCUT2D eigenvalue weighted by Gasteiger charge is -2.26. The summed E-state index contributed by atoms with van der Waals surface area (Å²) in [6, 6.07) is 1.70. The number of amides is 1. The zero-order valence-corrected chi connectivity index (χ0v) is 13.9. The van der Waals surface area contributed by atoms with Gasteiger partial charge in [-0.15, -0.1) is 0 Å². The maximum absolute atomic E-state index is 12.3. The highest BCUT2D eigenvalue weighted by molar-refractivity contribution is 7.17. The van der Waals surface area contributed by atoms with Crippen LogP contribution in [-0.2, 0) is 6.42 Å². The van der Waals surface area contributed by atoms with Gasteiger partial charge in [-0.05, 0) is 31.7 Å². The number of rotatable bonds is 2. The minimum atomic E-state index is -0.257. The van der Waals surface area contributed by atoms with Crippen molar-refractivity contribution in [1.82, 2.24) is 4.98 Å². The Balaban J connectivity index is 1.84. The molecule has 0 aliphatic heterocycles. The molecule has 116 valence electrons. The van der Waals surface area contributed by atoms with Crippen molar-refractivity contribution in [3.05, 3.63) is 33.7 Å². The lowest BCUT2D eigenvalue weighted by Crippen LogP contribution is -2.26. The lowest BCUT2D eigenvalue weighted by molar-refractivity contribution is 0.0915. The number of aromatic nitrogens is 1. The average Bonchev–Trinajstić information content (AvgIpc) is 2.91. The zero-order chi connectivity index (χ0) is 16.1. The molecule has 0 radical (unpaired) electrons. The fourth-order valence-electron chi connectivity index (χ4n) is 2.79. The van der Waals surface area contributed by atoms with Crippen molar-refractivity contribution in [3.63, 3.8) is 0 Å². The summed E-state index contributed by atoms with van der Waals surface area (Å²) in [4.78, 5) is 29.6. The molecule has 2 aromatic rings. The first kappa shape index (κ1) is 15.0. The molecule has 1 amide bonds. The van der Waals surface area contributed by atoms with Gasteiger partial charge in [-0.3, -0.25) is 14.9 Å². The molecule has 1 aliphatic rings. The molecule has 1 aliphatic carbocycles. The van der Waals surface area contributed by atoms with Crippen LogP contribution in [0.1, 0.15) is 57.5 Å². The third kappa shape index (κ3) is 2.70. The third-order valence-electron chi connectivity index (χ3n) is 3.74. The number of furan rings is 1. The van der Waals surface area contributed by atoms with Gasteiger partial charge in [0.1, 0.15) is 11.5 Å². The van der Waals surface area contributed by atoms with Crippen LogP contribution in [0.25, 0.3) is 0 Å². The highest BCUT2D eigenvalue weighted by Crippen LogP contribution is 2.38. The maximum atomic E-state index is 12.3. The van der Waals surface area contributed by atoms with Crippen LogP contribution in [0.5, 0.6) is 0 Å². The molecule has 0 unspecified atom stereocenters. The molecule has 2 heterocycles. The van der Waals surface area contributed by atoms with Gasteiger partial charge >= 0.3 is 0 Å². The second-order valence-electron chi connectivity index (χ2n) is 6.52. The topological polar surface area (TPSA) is 72.2 Å². The first-order valence-corrected chi connectivity index (χ1v) is 7.98. The Morgan fingerprint density at radius 1 is 1.36 bits per heavy atom. The Bertz CT molecular complexity index is 770. The number of hydrogen-bond donors (Lipinski definition) is 1. The van der Waals surface area contributed by atoms with Crippen LogP contribution in [0.4, 0.5) is 5.13 Å². The number of carbonyl (C=O) groups is 2. The molecular weight excluding hydrogens is 300 g/mol. The average molecular weight is 318 g/mol. The van der Waals surface area contributed by atoms with Gasteiger partial charge < -0.3 is 4.42 Å². The molecular formula is C16H18N2O3S. The molecule has 0 spiro atoms. The maximum Gasteiger partial charge on any atom is 0.260 e. The van der Waals surface area contributed by atoms with Gasteiger partial charge in [0.2, 0.25) is 0 Å². The summed E-state index contributed by atoms with van der Waals surface area (Å²) in [6.07, 6.45) is 1.28. The Hall–Kier alpha value is -1.95. The quantitative estimate of drug-likeness (QED) is 0.915. The fraction of sp³-hybridized carbons (Fsp3) is 0.438. The number of nitrogens with zero attached hydrogens (tertiary/aromatic N) is 1. The van der Waals surface area contributed by atoms with Gasteiger partial charge in [-0.2, -0.15) is 0 Å². The van der Waals surface area contributed by atoms with Crippen molar-refractivity contribution < 1.29 is 14.0 Å². The first-order chi connectivity index (χ1) is 10.2. The standard InChI is InChI=1S/C16H18N2O3S/c1-8-5-10(9(2)21-8)14(20)18-15-17-11-6-16(3,4)7-12(19)13(11)22-15/h5H,6-7H2,1-4H3,(H,17,18,20). The summed E-state index contributed by atoms with van der Waals surface area (Å²) in [5, 5.41) is 3.25. The summed E-state index contributed by atoms with van der Waals surface area (Å²) < 4.78 is 5.37. The molecule has 0 saturated carbocycles. The van der Waals surface area contributed by atoms with E-state index in [0.717, 1.165) is 12.1 Å². The van der Waals surface area contributed by atoms with E-state index >= 15 is 0 Å². The molecule has 0 fully saturated rings. The van der Waals surface area contributed by atoms with Crippen molar-refractivity contribution in [2.24, 2.45) is 5.41 Å². The molecule has 1 N–H and O–H groups in total. The largest absolute Gasteiger partial charge is 0.466 e. The first-order valence-electron chi connectivity index (χ1n) is 7.16. The van der Waals surface area contributed by atoms with Crippen LogP contribution in [0.3, 0.4) is 0 Å². The Morgan fingerprint density at radius 2 is 2.09 bits per heavy atom. The highest BCUT2D eigenvalue weighted by atomic mass is 32.1. The summed E-state index contributed by atoms with van der Waals surface area (Å²) in [5.41, 5.74) is 1.22. The number of aryl methyl sites for hydroxylation is 2. The van der Waals surface area contributed by atoms with Gasteiger partial charge in [0, 0.05) is 6.42 Å². The second-order valence-corrected chi connectivity index (χ2v) is 7.52. The molecule has 22 heavy (non-hydrogen) atoms. The number of carbonyl (C=O) groups excluding carboxylic acids is 2. The van der Waals surface area contributed by atoms with E-state index in [1.165, 1.54) is 11.3 Å². The number of anilines is 1. The predicted octanol–water partition coefficient (Wildman–Crippen LogP) is 3.76. The van der Waals surface area contributed by atoms with E-state index in [-0.39, 0.29) is 17.1 Å². The number of fused-ring (bicyclic) bond motifs is 1. The van der Waals surface area contributed by atoms with E-state index in [1.54, 1.807) is 19.9 Å². The SMILES string of the molecule is Cc1cc(C(=O)Nc2nc3c(s2)C(=O)CC(C)(C)C3)c(C)o1. The summed E-state index contributed by atoms with van der Waals surface area (Å²) in [7, 11) is 0. The zero-order valence-electron chi connectivity index (χ0n) is 13.1. The molecule has 5 nitrogen and oxygen atoms in total. The van der Waals surface area contributed by atoms with E-state index in [4.69, 9.17) is 4.42 Å². The van der Waals surface area contributed by atoms with E-state index in [1.807, 2.05) is 0 Å². The molecule has 2 aromatic heterocycles. The molecule has 0 atom stereocenters. The van der Waals surface area contributed by atoms with Gasteiger partial charge in [0.25, 0.3) is 5.91 Å². The summed E-state index contributed by atoms with van der Waals surface area (Å²) in [6.45, 7) is 7.67. The van der Waals surface area contributed by atoms with E-state index in [0.29, 0.717) is 33.5 Å². The number of ketones is 1. The molecule has 0 saturated heterocycles. The van der Waals surface area contributed by atoms with Gasteiger partial charge in [-0.25, -0.2) is 4.98 Å². The van der Waals surface area contributed by atoms with Crippen LogP contribution >= 0.6 is 11.3 Å². The van der Waals surface area contributed by atoms with Gasteiger partial charge in [0.05, 0.1) is 16.1 Å².